The standard InChI is InChI=1S/C9H14N4O3/c1-6(9(15)16)12-8(14)7-4-13(3-2-10)5-11-7/h4-6H,2-3,10H2,1H3,(H,12,14)(H,15,16)/t6-/m0/s1. The van der Waals surface area contributed by atoms with Crippen LogP contribution in [-0.4, -0.2) is 39.1 Å². The second kappa shape index (κ2) is 5.26. The van der Waals surface area contributed by atoms with Crippen LogP contribution in [0.4, 0.5) is 0 Å². The Morgan fingerprint density at radius 1 is 1.69 bits per heavy atom. The molecule has 1 aromatic rings. The van der Waals surface area contributed by atoms with Gasteiger partial charge in [-0.2, -0.15) is 0 Å². The topological polar surface area (TPSA) is 110 Å². The number of carboxylic acids is 1. The Morgan fingerprint density at radius 2 is 2.38 bits per heavy atom. The van der Waals surface area contributed by atoms with Crippen LogP contribution in [0.25, 0.3) is 0 Å². The first-order valence-corrected chi connectivity index (χ1v) is 4.80. The number of nitrogens with two attached hydrogens (primary N) is 1. The van der Waals surface area contributed by atoms with Crippen molar-refractivity contribution >= 4 is 11.9 Å². The average molecular weight is 226 g/mol. The van der Waals surface area contributed by atoms with Crippen LogP contribution in [0.3, 0.4) is 0 Å². The molecule has 0 fully saturated rings. The van der Waals surface area contributed by atoms with Gasteiger partial charge in [0.05, 0.1) is 6.33 Å². The molecule has 88 valence electrons. The Morgan fingerprint density at radius 3 is 2.94 bits per heavy atom. The Balaban J connectivity index is 2.62. The van der Waals surface area contributed by atoms with Gasteiger partial charge in [0.15, 0.2) is 0 Å². The van der Waals surface area contributed by atoms with Crippen molar-refractivity contribution in [1.29, 1.82) is 0 Å². The number of carboxylic acid groups (broad SMARTS) is 1. The van der Waals surface area contributed by atoms with Crippen molar-refractivity contribution in [2.75, 3.05) is 6.54 Å². The summed E-state index contributed by atoms with van der Waals surface area (Å²) in [5, 5.41) is 10.9. The Labute approximate surface area is 92.3 Å². The normalized spacial score (nSPS) is 12.1. The van der Waals surface area contributed by atoms with Gasteiger partial charge in [-0.3, -0.25) is 9.59 Å². The van der Waals surface area contributed by atoms with E-state index in [1.807, 2.05) is 0 Å². The number of nitrogens with one attached hydrogen (secondary N) is 1. The molecule has 7 heteroatoms. The Hall–Kier alpha value is -1.89. The molecule has 1 amide bonds. The van der Waals surface area contributed by atoms with Crippen LogP contribution in [0.5, 0.6) is 0 Å². The highest BCUT2D eigenvalue weighted by Crippen LogP contribution is 1.96. The van der Waals surface area contributed by atoms with Crippen molar-refractivity contribution in [1.82, 2.24) is 14.9 Å². The summed E-state index contributed by atoms with van der Waals surface area (Å²) in [6.07, 6.45) is 3.00. The number of hydrogen-bond donors (Lipinski definition) is 3. The molecule has 0 saturated carbocycles. The molecule has 1 aromatic heterocycles. The van der Waals surface area contributed by atoms with Crippen molar-refractivity contribution in [2.45, 2.75) is 19.5 Å². The molecule has 0 aliphatic rings. The number of hydrogen-bond acceptors (Lipinski definition) is 4. The van der Waals surface area contributed by atoms with E-state index in [1.165, 1.54) is 19.4 Å². The summed E-state index contributed by atoms with van der Waals surface area (Å²) in [6.45, 7) is 2.40. The van der Waals surface area contributed by atoms with Crippen LogP contribution in [0.15, 0.2) is 12.5 Å². The van der Waals surface area contributed by atoms with Gasteiger partial charge < -0.3 is 20.7 Å². The number of aromatic nitrogens is 2. The third kappa shape index (κ3) is 3.06. The van der Waals surface area contributed by atoms with E-state index in [2.05, 4.69) is 10.3 Å². The monoisotopic (exact) mass is 226 g/mol. The number of carbonyl (C=O) groups excluding carboxylic acids is 1. The minimum absolute atomic E-state index is 0.182. The molecule has 0 aromatic carbocycles. The smallest absolute Gasteiger partial charge is 0.325 e. The molecule has 0 aliphatic heterocycles. The molecule has 0 spiro atoms. The van der Waals surface area contributed by atoms with E-state index in [4.69, 9.17) is 10.8 Å². The van der Waals surface area contributed by atoms with Gasteiger partial charge in [-0.25, -0.2) is 4.98 Å². The van der Waals surface area contributed by atoms with E-state index in [9.17, 15) is 9.59 Å². The largest absolute Gasteiger partial charge is 0.480 e. The number of aliphatic carboxylic acids is 1. The maximum atomic E-state index is 11.5. The highest BCUT2D eigenvalue weighted by atomic mass is 16.4. The zero-order valence-corrected chi connectivity index (χ0v) is 8.88. The van der Waals surface area contributed by atoms with Crippen LogP contribution < -0.4 is 11.1 Å². The molecule has 0 unspecified atom stereocenters. The van der Waals surface area contributed by atoms with Crippen LogP contribution in [0.1, 0.15) is 17.4 Å². The van der Waals surface area contributed by atoms with Crippen molar-refractivity contribution in [3.8, 4) is 0 Å². The van der Waals surface area contributed by atoms with Crippen molar-refractivity contribution in [2.24, 2.45) is 5.73 Å². The predicted molar refractivity (Wildman–Crippen MR) is 55.8 cm³/mol. The maximum Gasteiger partial charge on any atom is 0.325 e. The zero-order chi connectivity index (χ0) is 12.1. The molecule has 1 rings (SSSR count). The van der Waals surface area contributed by atoms with Gasteiger partial charge in [0.2, 0.25) is 0 Å². The van der Waals surface area contributed by atoms with E-state index >= 15 is 0 Å². The molecule has 1 atom stereocenters. The molecule has 0 saturated heterocycles. The number of rotatable bonds is 5. The van der Waals surface area contributed by atoms with Gasteiger partial charge in [-0.1, -0.05) is 0 Å². The van der Waals surface area contributed by atoms with E-state index in [1.54, 1.807) is 4.57 Å². The summed E-state index contributed by atoms with van der Waals surface area (Å²) in [4.78, 5) is 25.9. The van der Waals surface area contributed by atoms with Crippen LogP contribution in [0, 0.1) is 0 Å². The minimum Gasteiger partial charge on any atom is -0.480 e. The van der Waals surface area contributed by atoms with Gasteiger partial charge in [-0.05, 0) is 6.92 Å². The van der Waals surface area contributed by atoms with Gasteiger partial charge in [0.25, 0.3) is 5.91 Å². The Kier molecular flexibility index (Phi) is 4.01. The zero-order valence-electron chi connectivity index (χ0n) is 8.88. The van der Waals surface area contributed by atoms with Crippen LogP contribution in [-0.2, 0) is 11.3 Å². The van der Waals surface area contributed by atoms with E-state index in [-0.39, 0.29) is 5.69 Å². The minimum atomic E-state index is -1.09. The van der Waals surface area contributed by atoms with Gasteiger partial charge in [0.1, 0.15) is 11.7 Å². The molecular weight excluding hydrogens is 212 g/mol. The molecule has 0 aliphatic carbocycles. The lowest BCUT2D eigenvalue weighted by atomic mass is 10.3. The van der Waals surface area contributed by atoms with Gasteiger partial charge >= 0.3 is 5.97 Å². The highest BCUT2D eigenvalue weighted by molar-refractivity contribution is 5.94. The first kappa shape index (κ1) is 12.2. The first-order valence-electron chi connectivity index (χ1n) is 4.80. The fraction of sp³-hybridized carbons (Fsp3) is 0.444. The van der Waals surface area contributed by atoms with E-state index in [0.29, 0.717) is 13.1 Å². The van der Waals surface area contributed by atoms with E-state index in [0.717, 1.165) is 0 Å². The molecule has 7 nitrogen and oxygen atoms in total. The summed E-state index contributed by atoms with van der Waals surface area (Å²) in [7, 11) is 0. The lowest BCUT2D eigenvalue weighted by Crippen LogP contribution is -2.38. The summed E-state index contributed by atoms with van der Waals surface area (Å²) in [6, 6.07) is -0.938. The summed E-state index contributed by atoms with van der Waals surface area (Å²) < 4.78 is 1.67. The average Bonchev–Trinajstić information content (AvgIpc) is 2.66. The molecule has 0 radical (unpaired) electrons. The lowest BCUT2D eigenvalue weighted by Gasteiger charge is -2.06. The van der Waals surface area contributed by atoms with Crippen molar-refractivity contribution < 1.29 is 14.7 Å². The number of imidazole rings is 1. The first-order chi connectivity index (χ1) is 7.54. The molecule has 16 heavy (non-hydrogen) atoms. The number of amides is 1. The summed E-state index contributed by atoms with van der Waals surface area (Å²) in [5.74, 6) is -1.60. The van der Waals surface area contributed by atoms with Gasteiger partial charge in [-0.15, -0.1) is 0 Å². The second-order valence-corrected chi connectivity index (χ2v) is 3.32. The Bertz CT molecular complexity index is 388. The summed E-state index contributed by atoms with van der Waals surface area (Å²) >= 11 is 0. The molecule has 4 N–H and O–H groups in total. The lowest BCUT2D eigenvalue weighted by molar-refractivity contribution is -0.138. The fourth-order valence-corrected chi connectivity index (χ4v) is 1.08. The maximum absolute atomic E-state index is 11.5. The predicted octanol–water partition coefficient (Wildman–Crippen LogP) is -0.955. The van der Waals surface area contributed by atoms with Crippen molar-refractivity contribution in [3.05, 3.63) is 18.2 Å². The van der Waals surface area contributed by atoms with Gasteiger partial charge in [0, 0.05) is 19.3 Å². The SMILES string of the molecule is C[C@H](NC(=O)c1cn(CCN)cn1)C(=O)O. The quantitative estimate of drug-likeness (QED) is 0.599. The third-order valence-electron chi connectivity index (χ3n) is 1.97. The molecular formula is C9H14N4O3. The van der Waals surface area contributed by atoms with E-state index < -0.39 is 17.9 Å². The van der Waals surface area contributed by atoms with Crippen LogP contribution in [0.2, 0.25) is 0 Å². The molecule has 0 bridgehead atoms. The fourth-order valence-electron chi connectivity index (χ4n) is 1.08. The third-order valence-corrected chi connectivity index (χ3v) is 1.97. The second-order valence-electron chi connectivity index (χ2n) is 3.32. The van der Waals surface area contributed by atoms with Crippen LogP contribution >= 0.6 is 0 Å². The highest BCUT2D eigenvalue weighted by Gasteiger charge is 2.16. The summed E-state index contributed by atoms with van der Waals surface area (Å²) in [5.41, 5.74) is 5.52. The molecule has 1 heterocycles. The van der Waals surface area contributed by atoms with Crippen molar-refractivity contribution in [3.63, 3.8) is 0 Å². The number of nitrogens with zero attached hydrogens (tertiary/aromatic N) is 2. The number of carbonyl (C=O) groups is 2.